The number of carbonyl (C=O) groups excluding carboxylic acids is 6. The Morgan fingerprint density at radius 3 is 2.33 bits per heavy atom. The molecule has 0 radical (unpaired) electrons. The first-order valence-corrected chi connectivity index (χ1v) is 22.0. The first kappa shape index (κ1) is 50.2. The van der Waals surface area contributed by atoms with Crippen molar-refractivity contribution in [3.05, 3.63) is 108 Å². The zero-order valence-electron chi connectivity index (χ0n) is 39.6. The SMILES string of the molecule is COc1ccc2c(O)c(NC(=O)c3cc(O[C@H]4CC(C)([N+](=O)[O-])[C@@H](OC)C(C)O4)c(O)c(C(=O)O[C@H]4[C@H](O)C(=O)[C@]5(C)CNC6=C(O5)C(=O)c5c(cc(C)c(O)c5C(=O)/C(C)=C/[C@@H]4C)C6=O)n3)c(=O)oc2c1. The predicted octanol–water partition coefficient (Wildman–Crippen LogP) is 3.34. The van der Waals surface area contributed by atoms with Gasteiger partial charge in [0.05, 0.1) is 42.7 Å². The van der Waals surface area contributed by atoms with Crippen LogP contribution >= 0.6 is 0 Å². The summed E-state index contributed by atoms with van der Waals surface area (Å²) < 4.78 is 39.3. The van der Waals surface area contributed by atoms with Gasteiger partial charge in [-0.05, 0) is 57.0 Å². The van der Waals surface area contributed by atoms with Crippen molar-refractivity contribution in [1.29, 1.82) is 0 Å². The van der Waals surface area contributed by atoms with Crippen molar-refractivity contribution in [2.24, 2.45) is 5.92 Å². The number of aliphatic hydroxyl groups excluding tert-OH is 1. The smallest absolute Gasteiger partial charge is 0.364 e. The van der Waals surface area contributed by atoms with E-state index in [2.05, 4.69) is 15.6 Å². The summed E-state index contributed by atoms with van der Waals surface area (Å²) >= 11 is 0. The third kappa shape index (κ3) is 8.21. The monoisotopic (exact) mass is 998 g/mol. The summed E-state index contributed by atoms with van der Waals surface area (Å²) in [6.07, 6.45) is -7.53. The van der Waals surface area contributed by atoms with Gasteiger partial charge < -0.3 is 63.9 Å². The molecule has 2 aromatic carbocycles. The molecule has 5 heterocycles. The van der Waals surface area contributed by atoms with Crippen LogP contribution in [0.15, 0.2) is 62.6 Å². The Kier molecular flexibility index (Phi) is 12.7. The molecule has 72 heavy (non-hydrogen) atoms. The number of rotatable bonds is 9. The lowest BCUT2D eigenvalue weighted by Crippen LogP contribution is -2.60. The van der Waals surface area contributed by atoms with Crippen molar-refractivity contribution in [2.75, 3.05) is 26.1 Å². The van der Waals surface area contributed by atoms with E-state index in [1.165, 1.54) is 80.0 Å². The Hall–Kier alpha value is -8.22. The van der Waals surface area contributed by atoms with Gasteiger partial charge in [-0.1, -0.05) is 13.0 Å². The Balaban J connectivity index is 1.22. The minimum Gasteiger partial charge on any atom is -0.507 e. The highest BCUT2D eigenvalue weighted by molar-refractivity contribution is 6.31. The molecule has 1 saturated heterocycles. The van der Waals surface area contributed by atoms with Gasteiger partial charge in [0.25, 0.3) is 11.4 Å². The molecule has 24 heteroatoms. The molecule has 378 valence electrons. The van der Waals surface area contributed by atoms with E-state index >= 15 is 0 Å². The average molecular weight is 999 g/mol. The number of hydrogen-bond donors (Lipinski definition) is 6. The fourth-order valence-electron chi connectivity index (χ4n) is 9.28. The number of aliphatic hydroxyl groups is 1. The zero-order valence-corrected chi connectivity index (χ0v) is 39.6. The predicted molar refractivity (Wildman–Crippen MR) is 244 cm³/mol. The van der Waals surface area contributed by atoms with E-state index in [9.17, 15) is 64.1 Å². The van der Waals surface area contributed by atoms with Crippen LogP contribution in [0.1, 0.15) is 98.7 Å². The number of carbonyl (C=O) groups is 6. The van der Waals surface area contributed by atoms with Gasteiger partial charge in [0.2, 0.25) is 23.6 Å². The van der Waals surface area contributed by atoms with Crippen LogP contribution in [0, 0.1) is 23.0 Å². The molecule has 1 amide bonds. The summed E-state index contributed by atoms with van der Waals surface area (Å²) in [4.78, 5) is 114. The van der Waals surface area contributed by atoms with E-state index in [1.54, 1.807) is 0 Å². The fraction of sp³-hybridized carbons (Fsp3) is 0.375. The number of aryl methyl sites for hydroxylation is 1. The number of phenols is 1. The summed E-state index contributed by atoms with van der Waals surface area (Å²) in [5, 5.41) is 63.2. The van der Waals surface area contributed by atoms with Crippen LogP contribution < -0.4 is 25.7 Å². The summed E-state index contributed by atoms with van der Waals surface area (Å²) in [7, 11) is 2.59. The van der Waals surface area contributed by atoms with Gasteiger partial charge in [-0.3, -0.25) is 34.1 Å². The quantitative estimate of drug-likeness (QED) is 0.0606. The minimum absolute atomic E-state index is 0.0464. The van der Waals surface area contributed by atoms with E-state index in [-0.39, 0.29) is 39.1 Å². The lowest BCUT2D eigenvalue weighted by Gasteiger charge is -2.40. The number of hydrogen-bond acceptors (Lipinski definition) is 22. The number of amides is 1. The maximum atomic E-state index is 14.5. The van der Waals surface area contributed by atoms with Crippen LogP contribution in [0.2, 0.25) is 0 Å². The van der Waals surface area contributed by atoms with Crippen LogP contribution in [0.25, 0.3) is 11.0 Å². The Labute approximate surface area is 406 Å². The van der Waals surface area contributed by atoms with Crippen LogP contribution in [-0.4, -0.2) is 128 Å². The number of aromatic nitrogens is 1. The van der Waals surface area contributed by atoms with Gasteiger partial charge in [0, 0.05) is 42.6 Å². The number of phenolic OH excluding ortho intramolecular Hbond substituents is 1. The van der Waals surface area contributed by atoms with Crippen molar-refractivity contribution >= 4 is 51.7 Å². The molecule has 8 atom stereocenters. The van der Waals surface area contributed by atoms with Crippen molar-refractivity contribution in [3.63, 3.8) is 0 Å². The molecule has 4 aliphatic rings. The number of methoxy groups -OCH3 is 2. The summed E-state index contributed by atoms with van der Waals surface area (Å²) in [5.74, 6) is -12.1. The van der Waals surface area contributed by atoms with Crippen LogP contribution in [0.4, 0.5) is 5.69 Å². The highest BCUT2D eigenvalue weighted by atomic mass is 16.7. The largest absolute Gasteiger partial charge is 0.507 e. The molecular weight excluding hydrogens is 953 g/mol. The van der Waals surface area contributed by atoms with E-state index in [0.717, 1.165) is 12.1 Å². The number of nitrogens with one attached hydrogen (secondary N) is 2. The molecule has 3 bridgehead atoms. The molecule has 2 aromatic heterocycles. The lowest BCUT2D eigenvalue weighted by atomic mass is 9.82. The van der Waals surface area contributed by atoms with Crippen molar-refractivity contribution in [2.45, 2.75) is 89.8 Å². The molecule has 4 aromatic rings. The zero-order chi connectivity index (χ0) is 52.6. The second-order valence-corrected chi connectivity index (χ2v) is 18.1. The second-order valence-electron chi connectivity index (χ2n) is 18.1. The van der Waals surface area contributed by atoms with Crippen LogP contribution in [0.3, 0.4) is 0 Å². The highest BCUT2D eigenvalue weighted by Gasteiger charge is 2.56. The number of ether oxygens (including phenoxy) is 6. The number of ketones is 4. The second kappa shape index (κ2) is 18.2. The summed E-state index contributed by atoms with van der Waals surface area (Å²) in [6, 6.07) is 6.06. The van der Waals surface area contributed by atoms with Crippen molar-refractivity contribution in [1.82, 2.24) is 10.3 Å². The number of Topliss-reactive ketones (excluding diaryl/α,β-unsaturated/α-hetero) is 4. The summed E-state index contributed by atoms with van der Waals surface area (Å²) in [5.41, 5.74) is -10.0. The normalized spacial score (nSPS) is 26.8. The number of fused-ring (bicyclic) bond motifs is 2. The lowest BCUT2D eigenvalue weighted by molar-refractivity contribution is -0.593. The van der Waals surface area contributed by atoms with Crippen molar-refractivity contribution in [3.8, 4) is 28.7 Å². The number of esters is 1. The van der Waals surface area contributed by atoms with Gasteiger partial charge >= 0.3 is 11.6 Å². The first-order valence-electron chi connectivity index (χ1n) is 22.0. The molecule has 8 rings (SSSR count). The number of aromatic hydroxyl groups is 3. The Morgan fingerprint density at radius 1 is 0.958 bits per heavy atom. The number of nitrogens with zero attached hydrogens (tertiary/aromatic N) is 2. The third-order valence-electron chi connectivity index (χ3n) is 13.1. The van der Waals surface area contributed by atoms with E-state index < -0.39 is 163 Å². The molecule has 1 fully saturated rings. The molecular formula is C48H46N4O20. The maximum absolute atomic E-state index is 14.5. The number of anilines is 1. The van der Waals surface area contributed by atoms with Crippen LogP contribution in [-0.2, 0) is 23.7 Å². The molecule has 3 aliphatic heterocycles. The molecule has 2 unspecified atom stereocenters. The van der Waals surface area contributed by atoms with E-state index in [1.807, 2.05) is 0 Å². The highest BCUT2D eigenvalue weighted by Crippen LogP contribution is 2.42. The number of nitro groups is 1. The van der Waals surface area contributed by atoms with Crippen LogP contribution in [0.5, 0.6) is 28.7 Å². The van der Waals surface area contributed by atoms with Gasteiger partial charge in [0.15, 0.2) is 58.0 Å². The van der Waals surface area contributed by atoms with E-state index in [0.29, 0.717) is 0 Å². The van der Waals surface area contributed by atoms with Gasteiger partial charge in [0.1, 0.15) is 34.6 Å². The fourth-order valence-corrected chi connectivity index (χ4v) is 9.28. The van der Waals surface area contributed by atoms with Gasteiger partial charge in [-0.15, -0.1) is 0 Å². The standard InChI is InChI=1S/C48H46N4O20/c1-17-11-19(3)40(39(59)42(60)48(6)16-49-30-36(56)23-12-18(2)34(54)29(33(17)53)28(23)38(58)41(30)72-48)71-46(63)32-37(57)26(69-27-15-47(5,52(64)65)43(67-8)20(4)68-27)14-24(50-32)44(61)51-31-35(55)22-10-9-21(66-7)13-25(22)70-45(31)62/h9-14,19-20,27,39-40,43,49,54-55,57,59H,15-16H2,1-8H3,(H,51,61)/b17-11+/t19-,20?,27-,39-,40+,43-,47?,48-/m0/s1. The molecule has 6 N–H and O–H groups in total. The topological polar surface area (TPSA) is 349 Å². The van der Waals surface area contributed by atoms with Gasteiger partial charge in [-0.2, -0.15) is 0 Å². The Morgan fingerprint density at radius 2 is 1.67 bits per heavy atom. The van der Waals surface area contributed by atoms with Crippen molar-refractivity contribution < 1.29 is 87.0 Å². The summed E-state index contributed by atoms with van der Waals surface area (Å²) in [6.45, 7) is 7.34. The number of benzene rings is 2. The average Bonchev–Trinajstić information content (AvgIpc) is 3.33. The Bertz CT molecular complexity index is 3210. The molecule has 24 nitrogen and oxygen atoms in total. The molecule has 0 saturated carbocycles. The van der Waals surface area contributed by atoms with E-state index in [4.69, 9.17) is 32.8 Å². The number of allylic oxidation sites excluding steroid dienone is 3. The third-order valence-corrected chi connectivity index (χ3v) is 13.1. The number of pyridine rings is 1. The molecule has 1 aliphatic carbocycles. The molecule has 0 spiro atoms. The minimum atomic E-state index is -2.40. The maximum Gasteiger partial charge on any atom is 0.364 e. The first-order chi connectivity index (χ1) is 33.8. The van der Waals surface area contributed by atoms with Gasteiger partial charge in [-0.25, -0.2) is 14.6 Å².